The summed E-state index contributed by atoms with van der Waals surface area (Å²) in [6.07, 6.45) is 4.55. The predicted molar refractivity (Wildman–Crippen MR) is 78.8 cm³/mol. The topological polar surface area (TPSA) is 92.3 Å². The van der Waals surface area contributed by atoms with Crippen LogP contribution < -0.4 is 10.0 Å². The maximum atomic E-state index is 11.9. The fourth-order valence-corrected chi connectivity index (χ4v) is 5.91. The van der Waals surface area contributed by atoms with Crippen molar-refractivity contribution in [2.24, 2.45) is 5.92 Å². The van der Waals surface area contributed by atoms with Gasteiger partial charge in [0.1, 0.15) is 0 Å². The first-order valence-corrected chi connectivity index (χ1v) is 10.7. The summed E-state index contributed by atoms with van der Waals surface area (Å²) in [7, 11) is -6.23. The third kappa shape index (κ3) is 5.31. The van der Waals surface area contributed by atoms with Gasteiger partial charge in [0.2, 0.25) is 10.0 Å². The van der Waals surface area contributed by atoms with E-state index in [1.165, 1.54) is 0 Å². The molecule has 2 N–H and O–H groups in total. The van der Waals surface area contributed by atoms with E-state index in [1.54, 1.807) is 0 Å². The van der Waals surface area contributed by atoms with Crippen LogP contribution in [0.4, 0.5) is 0 Å². The van der Waals surface area contributed by atoms with Gasteiger partial charge in [-0.2, -0.15) is 0 Å². The standard InChI is InChI=1S/C12H24N2O4S2/c15-19(16)7-4-11(10-19)9-14-20(17,18)8-5-12-3-1-2-6-13-12/h11-14H,1-10H2. The molecule has 2 atom stereocenters. The van der Waals surface area contributed by atoms with Crippen molar-refractivity contribution in [3.8, 4) is 0 Å². The van der Waals surface area contributed by atoms with Crippen LogP contribution in [0.1, 0.15) is 32.1 Å². The monoisotopic (exact) mass is 324 g/mol. The Morgan fingerprint density at radius 1 is 1.20 bits per heavy atom. The molecule has 0 aromatic carbocycles. The Morgan fingerprint density at radius 2 is 2.00 bits per heavy atom. The van der Waals surface area contributed by atoms with Crippen LogP contribution in [0.5, 0.6) is 0 Å². The van der Waals surface area contributed by atoms with Crippen LogP contribution in [-0.2, 0) is 19.9 Å². The molecule has 6 nitrogen and oxygen atoms in total. The second-order valence-electron chi connectivity index (χ2n) is 5.87. The molecule has 20 heavy (non-hydrogen) atoms. The molecule has 2 fully saturated rings. The van der Waals surface area contributed by atoms with Gasteiger partial charge in [-0.05, 0) is 38.1 Å². The Balaban J connectivity index is 1.71. The highest BCUT2D eigenvalue weighted by atomic mass is 32.2. The van der Waals surface area contributed by atoms with E-state index in [9.17, 15) is 16.8 Å². The zero-order valence-electron chi connectivity index (χ0n) is 11.7. The van der Waals surface area contributed by atoms with Crippen molar-refractivity contribution in [3.63, 3.8) is 0 Å². The molecule has 0 aromatic rings. The summed E-state index contributed by atoms with van der Waals surface area (Å²) in [5.74, 6) is 0.345. The zero-order chi connectivity index (χ0) is 14.6. The molecule has 0 aliphatic carbocycles. The first-order valence-electron chi connectivity index (χ1n) is 7.27. The molecule has 0 spiro atoms. The van der Waals surface area contributed by atoms with Crippen LogP contribution in [-0.4, -0.2) is 53.2 Å². The fraction of sp³-hybridized carbons (Fsp3) is 1.00. The normalized spacial score (nSPS) is 30.4. The highest BCUT2D eigenvalue weighted by molar-refractivity contribution is 7.91. The lowest BCUT2D eigenvalue weighted by Crippen LogP contribution is -2.38. The van der Waals surface area contributed by atoms with Gasteiger partial charge < -0.3 is 5.32 Å². The van der Waals surface area contributed by atoms with Gasteiger partial charge in [-0.1, -0.05) is 6.42 Å². The van der Waals surface area contributed by atoms with Gasteiger partial charge in [0.05, 0.1) is 17.3 Å². The zero-order valence-corrected chi connectivity index (χ0v) is 13.3. The molecule has 0 saturated carbocycles. The van der Waals surface area contributed by atoms with Crippen molar-refractivity contribution in [1.29, 1.82) is 0 Å². The molecule has 2 rings (SSSR count). The molecule has 0 amide bonds. The lowest BCUT2D eigenvalue weighted by Gasteiger charge is -2.23. The van der Waals surface area contributed by atoms with E-state index in [2.05, 4.69) is 10.0 Å². The molecule has 2 saturated heterocycles. The summed E-state index contributed by atoms with van der Waals surface area (Å²) < 4.78 is 49.0. The van der Waals surface area contributed by atoms with Crippen molar-refractivity contribution in [2.75, 3.05) is 30.3 Å². The average Bonchev–Trinajstić information content (AvgIpc) is 2.75. The van der Waals surface area contributed by atoms with Crippen molar-refractivity contribution < 1.29 is 16.8 Å². The van der Waals surface area contributed by atoms with Crippen LogP contribution in [0.3, 0.4) is 0 Å². The molecule has 8 heteroatoms. The summed E-state index contributed by atoms with van der Waals surface area (Å²) in [5, 5.41) is 3.33. The van der Waals surface area contributed by atoms with Crippen LogP contribution in [0, 0.1) is 5.92 Å². The third-order valence-corrected chi connectivity index (χ3v) is 7.28. The molecule has 0 radical (unpaired) electrons. The number of sulfone groups is 1. The summed E-state index contributed by atoms with van der Waals surface area (Å²) in [4.78, 5) is 0. The second-order valence-corrected chi connectivity index (χ2v) is 10.0. The Bertz CT molecular complexity index is 510. The highest BCUT2D eigenvalue weighted by Gasteiger charge is 2.28. The van der Waals surface area contributed by atoms with Gasteiger partial charge in [0.15, 0.2) is 9.84 Å². The summed E-state index contributed by atoms with van der Waals surface area (Å²) in [6.45, 7) is 1.22. The SMILES string of the molecule is O=S1(=O)CCC(CNS(=O)(=O)CCC2CCCCN2)C1. The molecule has 2 aliphatic heterocycles. The molecular formula is C12H24N2O4S2. The predicted octanol–water partition coefficient (Wildman–Crippen LogP) is -0.127. The minimum atomic E-state index is -3.29. The third-order valence-electron chi connectivity index (χ3n) is 4.07. The van der Waals surface area contributed by atoms with Crippen molar-refractivity contribution >= 4 is 19.9 Å². The van der Waals surface area contributed by atoms with E-state index < -0.39 is 19.9 Å². The van der Waals surface area contributed by atoms with E-state index >= 15 is 0 Å². The van der Waals surface area contributed by atoms with E-state index in [1.807, 2.05) is 0 Å². The smallest absolute Gasteiger partial charge is 0.211 e. The van der Waals surface area contributed by atoms with E-state index in [-0.39, 0.29) is 29.7 Å². The molecule has 2 unspecified atom stereocenters. The number of hydrogen-bond donors (Lipinski definition) is 2. The van der Waals surface area contributed by atoms with Crippen LogP contribution >= 0.6 is 0 Å². The van der Waals surface area contributed by atoms with Gasteiger partial charge in [-0.3, -0.25) is 0 Å². The van der Waals surface area contributed by atoms with Crippen molar-refractivity contribution in [1.82, 2.24) is 10.0 Å². The largest absolute Gasteiger partial charge is 0.314 e. The number of hydrogen-bond acceptors (Lipinski definition) is 5. The van der Waals surface area contributed by atoms with Crippen molar-refractivity contribution in [2.45, 2.75) is 38.1 Å². The quantitative estimate of drug-likeness (QED) is 0.710. The van der Waals surface area contributed by atoms with Gasteiger partial charge in [-0.15, -0.1) is 0 Å². The van der Waals surface area contributed by atoms with Gasteiger partial charge >= 0.3 is 0 Å². The minimum Gasteiger partial charge on any atom is -0.314 e. The molecule has 2 heterocycles. The number of nitrogens with one attached hydrogen (secondary N) is 2. The Kier molecular flexibility index (Phi) is 5.44. The first kappa shape index (κ1) is 16.2. The van der Waals surface area contributed by atoms with Gasteiger partial charge in [-0.25, -0.2) is 21.6 Å². The van der Waals surface area contributed by atoms with Crippen LogP contribution in [0.25, 0.3) is 0 Å². The lowest BCUT2D eigenvalue weighted by molar-refractivity contribution is 0.392. The van der Waals surface area contributed by atoms with Gasteiger partial charge in [0, 0.05) is 12.6 Å². The maximum absolute atomic E-state index is 11.9. The summed E-state index contributed by atoms with van der Waals surface area (Å²) in [5.41, 5.74) is 0. The summed E-state index contributed by atoms with van der Waals surface area (Å²) in [6, 6.07) is 0.298. The summed E-state index contributed by atoms with van der Waals surface area (Å²) >= 11 is 0. The Hall–Kier alpha value is -0.180. The molecule has 2 aliphatic rings. The maximum Gasteiger partial charge on any atom is 0.211 e. The number of piperidine rings is 1. The van der Waals surface area contributed by atoms with Gasteiger partial charge in [0.25, 0.3) is 0 Å². The fourth-order valence-electron chi connectivity index (χ4n) is 2.82. The molecule has 118 valence electrons. The molecule has 0 aromatic heterocycles. The first-order chi connectivity index (χ1) is 9.36. The minimum absolute atomic E-state index is 0.0671. The Labute approximate surface area is 121 Å². The van der Waals surface area contributed by atoms with Crippen LogP contribution in [0.15, 0.2) is 0 Å². The van der Waals surface area contributed by atoms with Crippen molar-refractivity contribution in [3.05, 3.63) is 0 Å². The van der Waals surface area contributed by atoms with E-state index in [0.717, 1.165) is 25.8 Å². The van der Waals surface area contributed by atoms with E-state index in [4.69, 9.17) is 0 Å². The number of sulfonamides is 1. The lowest BCUT2D eigenvalue weighted by atomic mass is 10.0. The number of rotatable bonds is 6. The Morgan fingerprint density at radius 3 is 2.60 bits per heavy atom. The second kappa shape index (κ2) is 6.72. The van der Waals surface area contributed by atoms with Crippen LogP contribution in [0.2, 0.25) is 0 Å². The molecular weight excluding hydrogens is 300 g/mol. The van der Waals surface area contributed by atoms with E-state index in [0.29, 0.717) is 18.9 Å². The molecule has 0 bridgehead atoms. The highest BCUT2D eigenvalue weighted by Crippen LogP contribution is 2.17. The average molecular weight is 324 g/mol.